The van der Waals surface area contributed by atoms with E-state index in [1.807, 2.05) is 6.92 Å². The average molecular weight is 287 g/mol. The molecule has 0 saturated carbocycles. The van der Waals surface area contributed by atoms with Gasteiger partial charge in [-0.1, -0.05) is 13.0 Å². The summed E-state index contributed by atoms with van der Waals surface area (Å²) in [7, 11) is -3.37. The van der Waals surface area contributed by atoms with Gasteiger partial charge in [-0.05, 0) is 50.9 Å². The average Bonchev–Trinajstić information content (AvgIpc) is 2.36. The standard InChI is InChI=1S/C14H22FNO2S/c1-3-9-16-12(2)6-5-10-19(17,18)14-8-4-7-13(15)11-14/h4,7-8,11-12,16H,3,5-6,9-10H2,1-2H3. The van der Waals surface area contributed by atoms with Crippen LogP contribution in [0.3, 0.4) is 0 Å². The molecule has 0 aliphatic heterocycles. The number of nitrogens with one attached hydrogen (secondary N) is 1. The molecule has 0 aliphatic carbocycles. The van der Waals surface area contributed by atoms with Gasteiger partial charge >= 0.3 is 0 Å². The molecule has 1 atom stereocenters. The van der Waals surface area contributed by atoms with E-state index in [9.17, 15) is 12.8 Å². The van der Waals surface area contributed by atoms with E-state index < -0.39 is 15.7 Å². The zero-order chi connectivity index (χ0) is 14.3. The molecule has 5 heteroatoms. The fraction of sp³-hybridized carbons (Fsp3) is 0.571. The lowest BCUT2D eigenvalue weighted by molar-refractivity contribution is 0.506. The molecule has 0 saturated heterocycles. The molecule has 1 aromatic rings. The largest absolute Gasteiger partial charge is 0.314 e. The Morgan fingerprint density at radius 1 is 1.37 bits per heavy atom. The van der Waals surface area contributed by atoms with Gasteiger partial charge in [0.2, 0.25) is 0 Å². The highest BCUT2D eigenvalue weighted by Gasteiger charge is 2.15. The van der Waals surface area contributed by atoms with E-state index in [0.29, 0.717) is 12.5 Å². The van der Waals surface area contributed by atoms with Crippen LogP contribution in [0.2, 0.25) is 0 Å². The molecule has 0 heterocycles. The maximum Gasteiger partial charge on any atom is 0.178 e. The van der Waals surface area contributed by atoms with E-state index in [2.05, 4.69) is 12.2 Å². The molecule has 0 aromatic heterocycles. The molecular formula is C14H22FNO2S. The topological polar surface area (TPSA) is 46.2 Å². The predicted molar refractivity (Wildman–Crippen MR) is 75.4 cm³/mol. The smallest absolute Gasteiger partial charge is 0.178 e. The van der Waals surface area contributed by atoms with Gasteiger partial charge in [0.1, 0.15) is 5.82 Å². The molecule has 0 radical (unpaired) electrons. The molecule has 0 aliphatic rings. The Kier molecular flexibility index (Phi) is 6.45. The second kappa shape index (κ2) is 7.60. The van der Waals surface area contributed by atoms with Crippen molar-refractivity contribution in [3.05, 3.63) is 30.1 Å². The molecule has 108 valence electrons. The number of rotatable bonds is 8. The molecule has 1 rings (SSSR count). The highest BCUT2D eigenvalue weighted by Crippen LogP contribution is 2.14. The molecule has 1 unspecified atom stereocenters. The Labute approximate surface area is 115 Å². The van der Waals surface area contributed by atoms with Crippen LogP contribution in [0.4, 0.5) is 4.39 Å². The summed E-state index contributed by atoms with van der Waals surface area (Å²) in [6, 6.07) is 5.50. The summed E-state index contributed by atoms with van der Waals surface area (Å²) in [6.07, 6.45) is 2.44. The third-order valence-electron chi connectivity index (χ3n) is 2.95. The van der Waals surface area contributed by atoms with Crippen molar-refractivity contribution in [2.24, 2.45) is 0 Å². The van der Waals surface area contributed by atoms with Gasteiger partial charge < -0.3 is 5.32 Å². The third-order valence-corrected chi connectivity index (χ3v) is 4.75. The highest BCUT2D eigenvalue weighted by atomic mass is 32.2. The second-order valence-corrected chi connectivity index (χ2v) is 6.88. The van der Waals surface area contributed by atoms with Crippen molar-refractivity contribution >= 4 is 9.84 Å². The van der Waals surface area contributed by atoms with Crippen LogP contribution >= 0.6 is 0 Å². The van der Waals surface area contributed by atoms with Crippen LogP contribution in [0.1, 0.15) is 33.1 Å². The summed E-state index contributed by atoms with van der Waals surface area (Å²) in [5, 5.41) is 3.31. The Balaban J connectivity index is 2.48. The molecule has 0 amide bonds. The van der Waals surface area contributed by atoms with E-state index in [4.69, 9.17) is 0 Å². The van der Waals surface area contributed by atoms with Gasteiger partial charge in [-0.25, -0.2) is 12.8 Å². The molecular weight excluding hydrogens is 265 g/mol. The maximum absolute atomic E-state index is 13.0. The van der Waals surface area contributed by atoms with E-state index in [0.717, 1.165) is 25.5 Å². The van der Waals surface area contributed by atoms with Crippen molar-refractivity contribution in [3.63, 3.8) is 0 Å². The first-order valence-corrected chi connectivity index (χ1v) is 8.32. The Morgan fingerprint density at radius 3 is 2.74 bits per heavy atom. The summed E-state index contributed by atoms with van der Waals surface area (Å²) in [6.45, 7) is 5.08. The normalized spacial score (nSPS) is 13.4. The van der Waals surface area contributed by atoms with Gasteiger partial charge in [-0.2, -0.15) is 0 Å². The van der Waals surface area contributed by atoms with Crippen LogP contribution in [0, 0.1) is 5.82 Å². The molecule has 1 N–H and O–H groups in total. The van der Waals surface area contributed by atoms with Gasteiger partial charge in [-0.15, -0.1) is 0 Å². The fourth-order valence-corrected chi connectivity index (χ4v) is 3.21. The highest BCUT2D eigenvalue weighted by molar-refractivity contribution is 7.91. The first-order chi connectivity index (χ1) is 8.95. The van der Waals surface area contributed by atoms with Crippen LogP contribution in [0.15, 0.2) is 29.2 Å². The summed E-state index contributed by atoms with van der Waals surface area (Å²) in [5.74, 6) is -0.451. The van der Waals surface area contributed by atoms with Gasteiger partial charge in [-0.3, -0.25) is 0 Å². The van der Waals surface area contributed by atoms with Crippen molar-refractivity contribution in [3.8, 4) is 0 Å². The van der Waals surface area contributed by atoms with Crippen LogP contribution in [0.25, 0.3) is 0 Å². The van der Waals surface area contributed by atoms with Crippen LogP contribution in [-0.4, -0.2) is 26.8 Å². The van der Waals surface area contributed by atoms with Crippen molar-refractivity contribution in [1.29, 1.82) is 0 Å². The minimum atomic E-state index is -3.37. The number of hydrogen-bond acceptors (Lipinski definition) is 3. The van der Waals surface area contributed by atoms with Crippen LogP contribution in [0.5, 0.6) is 0 Å². The number of halogens is 1. The van der Waals surface area contributed by atoms with Gasteiger partial charge in [0, 0.05) is 6.04 Å². The van der Waals surface area contributed by atoms with Crippen molar-refractivity contribution in [1.82, 2.24) is 5.32 Å². The summed E-state index contributed by atoms with van der Waals surface area (Å²) in [5.41, 5.74) is 0. The van der Waals surface area contributed by atoms with E-state index in [-0.39, 0.29) is 10.6 Å². The van der Waals surface area contributed by atoms with Crippen molar-refractivity contribution in [2.45, 2.75) is 44.0 Å². The number of sulfone groups is 1. The minimum Gasteiger partial charge on any atom is -0.314 e. The second-order valence-electron chi connectivity index (χ2n) is 4.77. The Morgan fingerprint density at radius 2 is 2.11 bits per heavy atom. The van der Waals surface area contributed by atoms with E-state index >= 15 is 0 Å². The maximum atomic E-state index is 13.0. The van der Waals surface area contributed by atoms with Gasteiger partial charge in [0.15, 0.2) is 9.84 Å². The lowest BCUT2D eigenvalue weighted by atomic mass is 10.2. The predicted octanol–water partition coefficient (Wildman–Crippen LogP) is 2.77. The molecule has 3 nitrogen and oxygen atoms in total. The minimum absolute atomic E-state index is 0.0641. The first-order valence-electron chi connectivity index (χ1n) is 6.67. The molecule has 0 bridgehead atoms. The number of benzene rings is 1. The molecule has 0 spiro atoms. The Bertz CT molecular complexity index is 488. The van der Waals surface area contributed by atoms with Crippen molar-refractivity contribution < 1.29 is 12.8 Å². The molecule has 19 heavy (non-hydrogen) atoms. The third kappa shape index (κ3) is 5.70. The van der Waals surface area contributed by atoms with E-state index in [1.54, 1.807) is 0 Å². The number of hydrogen-bond donors (Lipinski definition) is 1. The molecule has 0 fully saturated rings. The summed E-state index contributed by atoms with van der Waals surface area (Å²) in [4.78, 5) is 0.0710. The Hall–Kier alpha value is -0.940. The zero-order valence-corrected chi connectivity index (χ0v) is 12.3. The lowest BCUT2D eigenvalue weighted by Gasteiger charge is -2.12. The van der Waals surface area contributed by atoms with Crippen molar-refractivity contribution in [2.75, 3.05) is 12.3 Å². The quantitative estimate of drug-likeness (QED) is 0.799. The van der Waals surface area contributed by atoms with Gasteiger partial charge in [0.05, 0.1) is 10.6 Å². The summed E-state index contributed by atoms with van der Waals surface area (Å²) >= 11 is 0. The van der Waals surface area contributed by atoms with Crippen LogP contribution < -0.4 is 5.32 Å². The van der Waals surface area contributed by atoms with Gasteiger partial charge in [0.25, 0.3) is 0 Å². The monoisotopic (exact) mass is 287 g/mol. The SMILES string of the molecule is CCCNC(C)CCCS(=O)(=O)c1cccc(F)c1. The lowest BCUT2D eigenvalue weighted by Crippen LogP contribution is -2.27. The first kappa shape index (κ1) is 16.1. The van der Waals surface area contributed by atoms with E-state index in [1.165, 1.54) is 18.2 Å². The fourth-order valence-electron chi connectivity index (χ4n) is 1.85. The zero-order valence-electron chi connectivity index (χ0n) is 11.5. The summed E-state index contributed by atoms with van der Waals surface area (Å²) < 4.78 is 37.0. The molecule has 1 aromatic carbocycles. The van der Waals surface area contributed by atoms with Crippen LogP contribution in [-0.2, 0) is 9.84 Å².